The van der Waals surface area contributed by atoms with Gasteiger partial charge in [-0.05, 0) is 43.9 Å². The van der Waals surface area contributed by atoms with E-state index in [0.29, 0.717) is 6.04 Å². The van der Waals surface area contributed by atoms with Crippen molar-refractivity contribution in [2.75, 3.05) is 6.54 Å². The van der Waals surface area contributed by atoms with Crippen molar-refractivity contribution in [3.05, 3.63) is 29.0 Å². The molecule has 0 saturated carbocycles. The highest BCUT2D eigenvalue weighted by atomic mass is 35.5. The second-order valence-corrected chi connectivity index (χ2v) is 6.71. The molecule has 4 heteroatoms. The van der Waals surface area contributed by atoms with Crippen molar-refractivity contribution >= 4 is 22.6 Å². The Kier molecular flexibility index (Phi) is 3.51. The second kappa shape index (κ2) is 5.05. The summed E-state index contributed by atoms with van der Waals surface area (Å²) < 4.78 is 2.27. The Morgan fingerprint density at radius 1 is 1.45 bits per heavy atom. The molecule has 1 aliphatic heterocycles. The fourth-order valence-electron chi connectivity index (χ4n) is 3.35. The number of rotatable bonds is 2. The van der Waals surface area contributed by atoms with E-state index in [1.54, 1.807) is 0 Å². The molecule has 1 fully saturated rings. The maximum absolute atomic E-state index is 6.38. The van der Waals surface area contributed by atoms with E-state index in [1.807, 2.05) is 18.2 Å². The topological polar surface area (TPSA) is 29.9 Å². The Bertz CT molecular complexity index is 630. The zero-order chi connectivity index (χ0) is 14.3. The van der Waals surface area contributed by atoms with Crippen LogP contribution in [0.25, 0.3) is 11.0 Å². The summed E-state index contributed by atoms with van der Waals surface area (Å²) in [5, 5.41) is 4.44. The Balaban J connectivity index is 2.18. The minimum Gasteiger partial charge on any atom is -0.326 e. The standard InChI is InChI=1S/C16H22ClN3/c1-4-20-13-11(17)7-5-8-12(13)19-15(20)14-16(2,3)9-6-10-18-14/h5,7-8,14,18H,4,6,9-10H2,1-3H3. The molecule has 0 aliphatic carbocycles. The molecule has 1 aromatic carbocycles. The molecule has 20 heavy (non-hydrogen) atoms. The average Bonchev–Trinajstić information content (AvgIpc) is 2.77. The number of hydrogen-bond donors (Lipinski definition) is 1. The van der Waals surface area contributed by atoms with Gasteiger partial charge in [0.1, 0.15) is 5.82 Å². The van der Waals surface area contributed by atoms with Crippen LogP contribution in [-0.2, 0) is 6.54 Å². The van der Waals surface area contributed by atoms with Gasteiger partial charge in [-0.1, -0.05) is 31.5 Å². The number of imidazole rings is 1. The molecule has 1 aromatic heterocycles. The fourth-order valence-corrected chi connectivity index (χ4v) is 3.62. The number of piperidine rings is 1. The van der Waals surface area contributed by atoms with Crippen LogP contribution < -0.4 is 5.32 Å². The van der Waals surface area contributed by atoms with Crippen molar-refractivity contribution in [1.82, 2.24) is 14.9 Å². The fraction of sp³-hybridized carbons (Fsp3) is 0.562. The number of aryl methyl sites for hydroxylation is 1. The van der Waals surface area contributed by atoms with Crippen LogP contribution in [0, 0.1) is 5.41 Å². The highest BCUT2D eigenvalue weighted by Gasteiger charge is 2.36. The van der Waals surface area contributed by atoms with Crippen molar-refractivity contribution < 1.29 is 0 Å². The van der Waals surface area contributed by atoms with Crippen LogP contribution in [0.1, 0.15) is 45.5 Å². The van der Waals surface area contributed by atoms with Gasteiger partial charge in [0.2, 0.25) is 0 Å². The molecule has 0 radical (unpaired) electrons. The van der Waals surface area contributed by atoms with Crippen LogP contribution in [-0.4, -0.2) is 16.1 Å². The Morgan fingerprint density at radius 3 is 2.95 bits per heavy atom. The lowest BCUT2D eigenvalue weighted by Crippen LogP contribution is -2.41. The molecular formula is C16H22ClN3. The van der Waals surface area contributed by atoms with Gasteiger partial charge in [0, 0.05) is 6.54 Å². The molecule has 0 amide bonds. The van der Waals surface area contributed by atoms with Gasteiger partial charge in [0.25, 0.3) is 0 Å². The summed E-state index contributed by atoms with van der Waals surface area (Å²) in [7, 11) is 0. The Hall–Kier alpha value is -1.06. The molecule has 0 bridgehead atoms. The molecule has 108 valence electrons. The quantitative estimate of drug-likeness (QED) is 0.900. The van der Waals surface area contributed by atoms with Gasteiger partial charge in [-0.2, -0.15) is 0 Å². The van der Waals surface area contributed by atoms with Crippen LogP contribution >= 0.6 is 11.6 Å². The lowest BCUT2D eigenvalue weighted by atomic mass is 9.77. The summed E-state index contributed by atoms with van der Waals surface area (Å²) >= 11 is 6.38. The predicted molar refractivity (Wildman–Crippen MR) is 84.2 cm³/mol. The summed E-state index contributed by atoms with van der Waals surface area (Å²) in [4.78, 5) is 4.88. The molecular weight excluding hydrogens is 270 g/mol. The van der Waals surface area contributed by atoms with E-state index in [1.165, 1.54) is 12.8 Å². The Morgan fingerprint density at radius 2 is 2.25 bits per heavy atom. The summed E-state index contributed by atoms with van der Waals surface area (Å²) in [6.07, 6.45) is 2.46. The monoisotopic (exact) mass is 291 g/mol. The molecule has 2 aromatic rings. The normalized spacial score (nSPS) is 22.3. The highest BCUT2D eigenvalue weighted by Crippen LogP contribution is 2.41. The number of nitrogens with one attached hydrogen (secondary N) is 1. The van der Waals surface area contributed by atoms with E-state index in [-0.39, 0.29) is 5.41 Å². The first-order valence-corrected chi connectivity index (χ1v) is 7.80. The zero-order valence-electron chi connectivity index (χ0n) is 12.4. The lowest BCUT2D eigenvalue weighted by molar-refractivity contribution is 0.171. The maximum atomic E-state index is 6.38. The molecule has 1 N–H and O–H groups in total. The summed E-state index contributed by atoms with van der Waals surface area (Å²) in [6.45, 7) is 8.76. The smallest absolute Gasteiger partial charge is 0.127 e. The van der Waals surface area contributed by atoms with Crippen LogP contribution in [0.2, 0.25) is 5.02 Å². The summed E-state index contributed by atoms with van der Waals surface area (Å²) in [6, 6.07) is 6.26. The number of hydrogen-bond acceptors (Lipinski definition) is 2. The number of para-hydroxylation sites is 1. The van der Waals surface area contributed by atoms with E-state index >= 15 is 0 Å². The van der Waals surface area contributed by atoms with Gasteiger partial charge in [-0.15, -0.1) is 0 Å². The molecule has 2 heterocycles. The maximum Gasteiger partial charge on any atom is 0.127 e. The highest BCUT2D eigenvalue weighted by molar-refractivity contribution is 6.35. The molecule has 1 saturated heterocycles. The van der Waals surface area contributed by atoms with E-state index in [0.717, 1.165) is 35.0 Å². The molecule has 1 aliphatic rings. The van der Waals surface area contributed by atoms with Gasteiger partial charge in [-0.25, -0.2) is 4.98 Å². The van der Waals surface area contributed by atoms with Crippen LogP contribution in [0.15, 0.2) is 18.2 Å². The van der Waals surface area contributed by atoms with Crippen LogP contribution in [0.5, 0.6) is 0 Å². The minimum absolute atomic E-state index is 0.221. The first kappa shape index (κ1) is 13.9. The van der Waals surface area contributed by atoms with Crippen molar-refractivity contribution in [1.29, 1.82) is 0 Å². The zero-order valence-corrected chi connectivity index (χ0v) is 13.2. The van der Waals surface area contributed by atoms with Gasteiger partial charge >= 0.3 is 0 Å². The minimum atomic E-state index is 0.221. The van der Waals surface area contributed by atoms with Gasteiger partial charge in [0.05, 0.1) is 22.1 Å². The Labute approximate surface area is 125 Å². The largest absolute Gasteiger partial charge is 0.326 e. The van der Waals surface area contributed by atoms with Crippen molar-refractivity contribution in [2.45, 2.75) is 46.2 Å². The third kappa shape index (κ3) is 2.13. The van der Waals surface area contributed by atoms with Crippen LogP contribution in [0.3, 0.4) is 0 Å². The summed E-state index contributed by atoms with van der Waals surface area (Å²) in [5.41, 5.74) is 2.28. The lowest BCUT2D eigenvalue weighted by Gasteiger charge is -2.39. The number of halogens is 1. The van der Waals surface area contributed by atoms with Crippen molar-refractivity contribution in [2.24, 2.45) is 5.41 Å². The molecule has 1 unspecified atom stereocenters. The number of benzene rings is 1. The van der Waals surface area contributed by atoms with Crippen molar-refractivity contribution in [3.63, 3.8) is 0 Å². The second-order valence-electron chi connectivity index (χ2n) is 6.30. The first-order chi connectivity index (χ1) is 9.54. The summed E-state index contributed by atoms with van der Waals surface area (Å²) in [5.74, 6) is 1.13. The van der Waals surface area contributed by atoms with E-state index in [4.69, 9.17) is 16.6 Å². The molecule has 0 spiro atoms. The number of fused-ring (bicyclic) bond motifs is 1. The van der Waals surface area contributed by atoms with Gasteiger partial charge in [-0.3, -0.25) is 0 Å². The third-order valence-electron chi connectivity index (χ3n) is 4.45. The van der Waals surface area contributed by atoms with E-state index in [9.17, 15) is 0 Å². The predicted octanol–water partition coefficient (Wildman–Crippen LogP) is 4.16. The van der Waals surface area contributed by atoms with Gasteiger partial charge in [0.15, 0.2) is 0 Å². The number of nitrogens with zero attached hydrogens (tertiary/aromatic N) is 2. The van der Waals surface area contributed by atoms with Gasteiger partial charge < -0.3 is 9.88 Å². The molecule has 3 rings (SSSR count). The average molecular weight is 292 g/mol. The SMILES string of the molecule is CCn1c(C2NCCCC2(C)C)nc2cccc(Cl)c21. The van der Waals surface area contributed by atoms with E-state index in [2.05, 4.69) is 30.7 Å². The van der Waals surface area contributed by atoms with Crippen LogP contribution in [0.4, 0.5) is 0 Å². The third-order valence-corrected chi connectivity index (χ3v) is 4.75. The molecule has 3 nitrogen and oxygen atoms in total. The van der Waals surface area contributed by atoms with Crippen molar-refractivity contribution in [3.8, 4) is 0 Å². The first-order valence-electron chi connectivity index (χ1n) is 7.42. The van der Waals surface area contributed by atoms with E-state index < -0.39 is 0 Å². The molecule has 1 atom stereocenters. The number of aromatic nitrogens is 2.